The van der Waals surface area contributed by atoms with E-state index in [1.54, 1.807) is 12.3 Å². The Morgan fingerprint density at radius 1 is 1.40 bits per heavy atom. The molecule has 0 aromatic carbocycles. The second-order valence-corrected chi connectivity index (χ2v) is 5.40. The minimum absolute atomic E-state index is 0.211. The summed E-state index contributed by atoms with van der Waals surface area (Å²) >= 11 is 0. The summed E-state index contributed by atoms with van der Waals surface area (Å²) in [6.07, 6.45) is 4.66. The van der Waals surface area contributed by atoms with Crippen LogP contribution in [0.15, 0.2) is 18.3 Å². The highest BCUT2D eigenvalue weighted by atomic mass is 16.5. The summed E-state index contributed by atoms with van der Waals surface area (Å²) in [7, 11) is 0. The van der Waals surface area contributed by atoms with E-state index >= 15 is 0 Å². The van der Waals surface area contributed by atoms with E-state index in [0.717, 1.165) is 18.4 Å². The van der Waals surface area contributed by atoms with Crippen LogP contribution in [0.4, 0.5) is 0 Å². The minimum Gasteiger partial charge on any atom is -0.476 e. The van der Waals surface area contributed by atoms with Crippen molar-refractivity contribution in [2.45, 2.75) is 37.1 Å². The second kappa shape index (κ2) is 4.77. The summed E-state index contributed by atoms with van der Waals surface area (Å²) in [4.78, 5) is 28.2. The predicted octanol–water partition coefficient (Wildman–Crippen LogP) is 0.472. The first kappa shape index (κ1) is 12.9. The molecule has 1 fully saturated rings. The summed E-state index contributed by atoms with van der Waals surface area (Å²) in [6.45, 7) is 0.257. The van der Waals surface area contributed by atoms with E-state index in [0.29, 0.717) is 18.7 Å². The lowest BCUT2D eigenvalue weighted by Crippen LogP contribution is -2.56. The maximum atomic E-state index is 12.4. The van der Waals surface area contributed by atoms with Crippen LogP contribution in [-0.2, 0) is 9.59 Å². The smallest absolute Gasteiger partial charge is 0.243 e. The number of pyridine rings is 1. The maximum absolute atomic E-state index is 12.4. The van der Waals surface area contributed by atoms with Crippen LogP contribution in [0.5, 0.6) is 5.88 Å². The number of carbonyl (C=O) groups is 2. The molecule has 2 heterocycles. The van der Waals surface area contributed by atoms with E-state index in [9.17, 15) is 9.59 Å². The summed E-state index contributed by atoms with van der Waals surface area (Å²) in [6, 6.07) is 3.60. The Bertz CT molecular complexity index is 552. The first-order valence-corrected chi connectivity index (χ1v) is 6.82. The van der Waals surface area contributed by atoms with Crippen molar-refractivity contribution < 1.29 is 14.3 Å². The number of hydrogen-bond donors (Lipinski definition) is 2. The van der Waals surface area contributed by atoms with E-state index < -0.39 is 17.4 Å². The number of nitrogens with one attached hydrogen (secondary N) is 1. The first-order chi connectivity index (χ1) is 9.62. The molecule has 1 aromatic heterocycles. The number of nitrogens with zero attached hydrogens (tertiary/aromatic N) is 1. The highest BCUT2D eigenvalue weighted by Gasteiger charge is 2.43. The molecule has 6 heteroatoms. The van der Waals surface area contributed by atoms with E-state index in [2.05, 4.69) is 10.3 Å². The Morgan fingerprint density at radius 3 is 2.85 bits per heavy atom. The van der Waals surface area contributed by atoms with Crippen LogP contribution < -0.4 is 15.8 Å². The van der Waals surface area contributed by atoms with Gasteiger partial charge < -0.3 is 15.8 Å². The predicted molar refractivity (Wildman–Crippen MR) is 71.0 cm³/mol. The van der Waals surface area contributed by atoms with Gasteiger partial charge in [0.25, 0.3) is 0 Å². The second-order valence-electron chi connectivity index (χ2n) is 5.40. The fourth-order valence-electron chi connectivity index (χ4n) is 2.99. The number of primary amides is 1. The molecule has 0 spiro atoms. The van der Waals surface area contributed by atoms with Gasteiger partial charge in [0, 0.05) is 11.8 Å². The Kier molecular flexibility index (Phi) is 3.08. The molecular formula is C14H17N3O3. The van der Waals surface area contributed by atoms with Crippen LogP contribution in [0.2, 0.25) is 0 Å². The van der Waals surface area contributed by atoms with Crippen molar-refractivity contribution in [3.05, 3.63) is 23.9 Å². The highest BCUT2D eigenvalue weighted by molar-refractivity contribution is 5.93. The maximum Gasteiger partial charge on any atom is 0.243 e. The van der Waals surface area contributed by atoms with Gasteiger partial charge in [0.2, 0.25) is 17.7 Å². The monoisotopic (exact) mass is 275 g/mol. The van der Waals surface area contributed by atoms with Crippen molar-refractivity contribution in [2.24, 2.45) is 5.73 Å². The number of ether oxygens (including phenoxy) is 1. The van der Waals surface area contributed by atoms with Crippen LogP contribution in [-0.4, -0.2) is 28.9 Å². The van der Waals surface area contributed by atoms with Gasteiger partial charge in [0.05, 0.1) is 0 Å². The molecule has 6 nitrogen and oxygen atoms in total. The van der Waals surface area contributed by atoms with Gasteiger partial charge in [-0.25, -0.2) is 4.98 Å². The lowest BCUT2D eigenvalue weighted by atomic mass is 9.94. The molecule has 0 bridgehead atoms. The quantitative estimate of drug-likeness (QED) is 0.838. The molecule has 1 saturated carbocycles. The van der Waals surface area contributed by atoms with Gasteiger partial charge in [0.15, 0.2) is 0 Å². The molecule has 2 aliphatic rings. The lowest BCUT2D eigenvalue weighted by Gasteiger charge is -2.27. The number of fused-ring (bicyclic) bond motifs is 1. The molecule has 1 aliphatic carbocycles. The zero-order valence-corrected chi connectivity index (χ0v) is 11.1. The molecule has 1 aliphatic heterocycles. The van der Waals surface area contributed by atoms with E-state index in [4.69, 9.17) is 10.5 Å². The van der Waals surface area contributed by atoms with Crippen LogP contribution in [0.1, 0.15) is 37.2 Å². The minimum atomic E-state index is -0.887. The molecule has 1 unspecified atom stereocenters. The molecule has 3 rings (SSSR count). The largest absolute Gasteiger partial charge is 0.476 e. The summed E-state index contributed by atoms with van der Waals surface area (Å²) in [5.74, 6) is -0.589. The molecule has 2 amide bonds. The van der Waals surface area contributed by atoms with Crippen molar-refractivity contribution in [2.75, 3.05) is 6.61 Å². The van der Waals surface area contributed by atoms with Gasteiger partial charge >= 0.3 is 0 Å². The van der Waals surface area contributed by atoms with Crippen molar-refractivity contribution in [3.8, 4) is 5.88 Å². The van der Waals surface area contributed by atoms with Crippen molar-refractivity contribution in [1.29, 1.82) is 0 Å². The number of aromatic nitrogens is 1. The molecule has 20 heavy (non-hydrogen) atoms. The van der Waals surface area contributed by atoms with Crippen molar-refractivity contribution in [1.82, 2.24) is 10.3 Å². The number of carbonyl (C=O) groups excluding carboxylic acids is 2. The van der Waals surface area contributed by atoms with Crippen LogP contribution in [0.25, 0.3) is 0 Å². The van der Waals surface area contributed by atoms with Gasteiger partial charge in [-0.1, -0.05) is 18.9 Å². The molecule has 0 saturated heterocycles. The summed E-state index contributed by atoms with van der Waals surface area (Å²) in [5.41, 5.74) is 5.36. The molecule has 106 valence electrons. The van der Waals surface area contributed by atoms with Crippen LogP contribution >= 0.6 is 0 Å². The normalized spacial score (nSPS) is 22.9. The van der Waals surface area contributed by atoms with E-state index in [1.165, 1.54) is 0 Å². The molecule has 0 radical (unpaired) electrons. The van der Waals surface area contributed by atoms with Gasteiger partial charge in [-0.15, -0.1) is 0 Å². The fourth-order valence-corrected chi connectivity index (χ4v) is 2.99. The van der Waals surface area contributed by atoms with Crippen molar-refractivity contribution >= 4 is 11.8 Å². The zero-order valence-electron chi connectivity index (χ0n) is 11.1. The average molecular weight is 275 g/mol. The fraction of sp³-hybridized carbons (Fsp3) is 0.500. The molecule has 3 N–H and O–H groups in total. The zero-order chi connectivity index (χ0) is 14.2. The lowest BCUT2D eigenvalue weighted by molar-refractivity contribution is -0.132. The molecule has 1 atom stereocenters. The Balaban J connectivity index is 1.79. The number of rotatable bonds is 3. The van der Waals surface area contributed by atoms with Crippen molar-refractivity contribution in [3.63, 3.8) is 0 Å². The standard InChI is InChI=1S/C14H17N3O3/c15-13(19)14(5-1-2-6-14)17-11(18)10-8-20-12-9(10)4-3-7-16-12/h3-4,7,10H,1-2,5-6,8H2,(H2,15,19)(H,17,18). The number of hydrogen-bond acceptors (Lipinski definition) is 4. The number of nitrogens with two attached hydrogens (primary N) is 1. The summed E-state index contributed by atoms with van der Waals surface area (Å²) in [5, 5.41) is 2.85. The third-order valence-corrected chi connectivity index (χ3v) is 4.17. The van der Waals surface area contributed by atoms with Gasteiger partial charge in [0.1, 0.15) is 18.1 Å². The van der Waals surface area contributed by atoms with Crippen LogP contribution in [0, 0.1) is 0 Å². The Hall–Kier alpha value is -2.11. The van der Waals surface area contributed by atoms with Gasteiger partial charge in [-0.3, -0.25) is 9.59 Å². The van der Waals surface area contributed by atoms with Crippen LogP contribution in [0.3, 0.4) is 0 Å². The number of amides is 2. The summed E-state index contributed by atoms with van der Waals surface area (Å²) < 4.78 is 5.40. The average Bonchev–Trinajstić information content (AvgIpc) is 3.05. The molecular weight excluding hydrogens is 258 g/mol. The third kappa shape index (κ3) is 2.01. The third-order valence-electron chi connectivity index (χ3n) is 4.17. The van der Waals surface area contributed by atoms with E-state index in [1.807, 2.05) is 6.07 Å². The Morgan fingerprint density at radius 2 is 2.15 bits per heavy atom. The Labute approximate surface area is 116 Å². The van der Waals surface area contributed by atoms with E-state index in [-0.39, 0.29) is 12.5 Å². The molecule has 1 aromatic rings. The van der Waals surface area contributed by atoms with Gasteiger partial charge in [-0.05, 0) is 18.9 Å². The first-order valence-electron chi connectivity index (χ1n) is 6.82. The van der Waals surface area contributed by atoms with Gasteiger partial charge in [-0.2, -0.15) is 0 Å². The SMILES string of the molecule is NC(=O)C1(NC(=O)C2COc3ncccc32)CCCC1. The highest BCUT2D eigenvalue weighted by Crippen LogP contribution is 2.34. The topological polar surface area (TPSA) is 94.3 Å².